The van der Waals surface area contributed by atoms with E-state index >= 15 is 0 Å². The average Bonchev–Trinajstić information content (AvgIpc) is 3.33. The van der Waals surface area contributed by atoms with Crippen molar-refractivity contribution < 1.29 is 18.4 Å². The number of nitrogens with zero attached hydrogens (tertiary/aromatic N) is 3. The number of nitrogens with one attached hydrogen (secondary N) is 1. The third-order valence-electron chi connectivity index (χ3n) is 4.63. The quantitative estimate of drug-likeness (QED) is 0.754. The number of rotatable bonds is 4. The van der Waals surface area contributed by atoms with Gasteiger partial charge in [-0.15, -0.1) is 0 Å². The first-order valence-corrected chi connectivity index (χ1v) is 8.66. The van der Waals surface area contributed by atoms with Crippen LogP contribution in [0.4, 0.5) is 20.2 Å². The van der Waals surface area contributed by atoms with Gasteiger partial charge in [-0.05, 0) is 36.4 Å². The Morgan fingerprint density at radius 2 is 1.93 bits per heavy atom. The Bertz CT molecular complexity index is 1020. The fourth-order valence-corrected chi connectivity index (χ4v) is 3.19. The Kier molecular flexibility index (Phi) is 4.60. The molecule has 2 aromatic carbocycles. The number of carbonyl (C=O) groups is 2. The SMILES string of the molecule is O=C(Nc1ccc(-n2ccnc2)cc1)C1CC(=O)N(c2ccc(F)cc2F)C1. The van der Waals surface area contributed by atoms with Crippen LogP contribution in [0.25, 0.3) is 5.69 Å². The molecule has 1 aromatic heterocycles. The predicted molar refractivity (Wildman–Crippen MR) is 99.0 cm³/mol. The molecule has 2 amide bonds. The Hall–Kier alpha value is -3.55. The number of anilines is 2. The number of hydrogen-bond donors (Lipinski definition) is 1. The lowest BCUT2D eigenvalue weighted by atomic mass is 10.1. The molecule has 1 atom stereocenters. The predicted octanol–water partition coefficient (Wildman–Crippen LogP) is 3.14. The summed E-state index contributed by atoms with van der Waals surface area (Å²) in [5, 5.41) is 2.78. The van der Waals surface area contributed by atoms with Crippen LogP contribution >= 0.6 is 0 Å². The number of amides is 2. The van der Waals surface area contributed by atoms with Crippen LogP contribution in [0.3, 0.4) is 0 Å². The zero-order chi connectivity index (χ0) is 19.7. The molecule has 0 bridgehead atoms. The molecular weight excluding hydrogens is 366 g/mol. The van der Waals surface area contributed by atoms with Gasteiger partial charge in [-0.1, -0.05) is 0 Å². The average molecular weight is 382 g/mol. The molecule has 0 aliphatic carbocycles. The van der Waals surface area contributed by atoms with Crippen molar-refractivity contribution in [2.75, 3.05) is 16.8 Å². The van der Waals surface area contributed by atoms with Crippen molar-refractivity contribution in [2.24, 2.45) is 5.92 Å². The van der Waals surface area contributed by atoms with E-state index in [9.17, 15) is 18.4 Å². The number of halogens is 2. The molecule has 1 aliphatic rings. The van der Waals surface area contributed by atoms with Crippen molar-refractivity contribution in [1.29, 1.82) is 0 Å². The molecule has 1 aliphatic heterocycles. The van der Waals surface area contributed by atoms with Crippen LogP contribution in [0, 0.1) is 17.6 Å². The van der Waals surface area contributed by atoms with E-state index in [0.717, 1.165) is 17.8 Å². The van der Waals surface area contributed by atoms with Crippen molar-refractivity contribution in [3.63, 3.8) is 0 Å². The molecule has 0 radical (unpaired) electrons. The Morgan fingerprint density at radius 1 is 1.14 bits per heavy atom. The van der Waals surface area contributed by atoms with Gasteiger partial charge in [-0.3, -0.25) is 9.59 Å². The van der Waals surface area contributed by atoms with E-state index in [0.29, 0.717) is 5.69 Å². The van der Waals surface area contributed by atoms with Crippen molar-refractivity contribution in [3.05, 3.63) is 72.8 Å². The van der Waals surface area contributed by atoms with E-state index < -0.39 is 17.6 Å². The first-order valence-electron chi connectivity index (χ1n) is 8.66. The minimum Gasteiger partial charge on any atom is -0.326 e. The number of carbonyl (C=O) groups excluding carboxylic acids is 2. The summed E-state index contributed by atoms with van der Waals surface area (Å²) in [5.41, 5.74) is 1.46. The lowest BCUT2D eigenvalue weighted by Gasteiger charge is -2.17. The standard InChI is InChI=1S/C20H16F2N4O2/c21-14-1-6-18(17(22)10-14)26-11-13(9-19(26)27)20(28)24-15-2-4-16(5-3-15)25-8-7-23-12-25/h1-8,10,12-13H,9,11H2,(H,24,28). The van der Waals surface area contributed by atoms with Crippen molar-refractivity contribution >= 4 is 23.2 Å². The molecule has 1 unspecified atom stereocenters. The minimum absolute atomic E-state index is 0.0219. The third kappa shape index (κ3) is 3.48. The minimum atomic E-state index is -0.829. The largest absolute Gasteiger partial charge is 0.326 e. The maximum Gasteiger partial charge on any atom is 0.229 e. The van der Waals surface area contributed by atoms with Gasteiger partial charge in [0.1, 0.15) is 11.6 Å². The zero-order valence-electron chi connectivity index (χ0n) is 14.7. The fourth-order valence-electron chi connectivity index (χ4n) is 3.19. The molecule has 2 heterocycles. The van der Waals surface area contributed by atoms with Crippen molar-refractivity contribution in [1.82, 2.24) is 9.55 Å². The van der Waals surface area contributed by atoms with Crippen LogP contribution < -0.4 is 10.2 Å². The molecule has 1 saturated heterocycles. The van der Waals surface area contributed by atoms with Gasteiger partial charge in [0, 0.05) is 42.8 Å². The second-order valence-electron chi connectivity index (χ2n) is 6.51. The van der Waals surface area contributed by atoms with E-state index in [4.69, 9.17) is 0 Å². The van der Waals surface area contributed by atoms with E-state index in [2.05, 4.69) is 10.3 Å². The molecular formula is C20H16F2N4O2. The molecule has 4 rings (SSSR count). The van der Waals surface area contributed by atoms with Crippen LogP contribution in [0.2, 0.25) is 0 Å². The van der Waals surface area contributed by atoms with Crippen molar-refractivity contribution in [2.45, 2.75) is 6.42 Å². The molecule has 28 heavy (non-hydrogen) atoms. The summed E-state index contributed by atoms with van der Waals surface area (Å²) in [4.78, 5) is 29.9. The molecule has 142 valence electrons. The van der Waals surface area contributed by atoms with E-state index in [1.54, 1.807) is 30.9 Å². The molecule has 1 fully saturated rings. The van der Waals surface area contributed by atoms with E-state index in [1.165, 1.54) is 11.0 Å². The summed E-state index contributed by atoms with van der Waals surface area (Å²) in [5.74, 6) is -2.87. The molecule has 8 heteroatoms. The van der Waals surface area contributed by atoms with E-state index in [-0.39, 0.29) is 30.5 Å². The van der Waals surface area contributed by atoms with Gasteiger partial charge in [0.15, 0.2) is 0 Å². The zero-order valence-corrected chi connectivity index (χ0v) is 14.7. The van der Waals surface area contributed by atoms with Gasteiger partial charge < -0.3 is 14.8 Å². The van der Waals surface area contributed by atoms with Crippen LogP contribution in [0.1, 0.15) is 6.42 Å². The van der Waals surface area contributed by atoms with Gasteiger partial charge in [-0.25, -0.2) is 13.8 Å². The summed E-state index contributed by atoms with van der Waals surface area (Å²) in [6.07, 6.45) is 5.11. The number of aromatic nitrogens is 2. The topological polar surface area (TPSA) is 67.2 Å². The molecule has 6 nitrogen and oxygen atoms in total. The highest BCUT2D eigenvalue weighted by Gasteiger charge is 2.36. The molecule has 0 spiro atoms. The Labute approximate surface area is 159 Å². The molecule has 1 N–H and O–H groups in total. The highest BCUT2D eigenvalue weighted by molar-refractivity contribution is 6.03. The van der Waals surface area contributed by atoms with Gasteiger partial charge >= 0.3 is 0 Å². The van der Waals surface area contributed by atoms with Crippen molar-refractivity contribution in [3.8, 4) is 5.69 Å². The first-order chi connectivity index (χ1) is 13.5. The second-order valence-corrected chi connectivity index (χ2v) is 6.51. The summed E-state index contributed by atoms with van der Waals surface area (Å²) >= 11 is 0. The number of imidazole rings is 1. The third-order valence-corrected chi connectivity index (χ3v) is 4.63. The number of benzene rings is 2. The van der Waals surface area contributed by atoms with Gasteiger partial charge in [0.05, 0.1) is 17.9 Å². The summed E-state index contributed by atoms with van der Waals surface area (Å²) < 4.78 is 28.9. The van der Waals surface area contributed by atoms with Crippen LogP contribution in [0.15, 0.2) is 61.2 Å². The summed E-state index contributed by atoms with van der Waals surface area (Å²) in [7, 11) is 0. The smallest absolute Gasteiger partial charge is 0.229 e. The summed E-state index contributed by atoms with van der Waals surface area (Å²) in [6, 6.07) is 10.2. The van der Waals surface area contributed by atoms with E-state index in [1.807, 2.05) is 16.7 Å². The lowest BCUT2D eigenvalue weighted by Crippen LogP contribution is -2.28. The normalized spacial score (nSPS) is 16.4. The molecule has 0 saturated carbocycles. The lowest BCUT2D eigenvalue weighted by molar-refractivity contribution is -0.122. The maximum absolute atomic E-state index is 14.0. The first kappa shape index (κ1) is 17.8. The maximum atomic E-state index is 14.0. The second kappa shape index (κ2) is 7.22. The monoisotopic (exact) mass is 382 g/mol. The Balaban J connectivity index is 1.43. The highest BCUT2D eigenvalue weighted by Crippen LogP contribution is 2.28. The van der Waals surface area contributed by atoms with Crippen LogP contribution in [-0.4, -0.2) is 27.9 Å². The van der Waals surface area contributed by atoms with Gasteiger partial charge in [0.25, 0.3) is 0 Å². The highest BCUT2D eigenvalue weighted by atomic mass is 19.1. The fraction of sp³-hybridized carbons (Fsp3) is 0.150. The van der Waals surface area contributed by atoms with Gasteiger partial charge in [0.2, 0.25) is 11.8 Å². The number of hydrogen-bond acceptors (Lipinski definition) is 3. The van der Waals surface area contributed by atoms with Crippen LogP contribution in [0.5, 0.6) is 0 Å². The Morgan fingerprint density at radius 3 is 2.61 bits per heavy atom. The molecule has 3 aromatic rings. The van der Waals surface area contributed by atoms with Crippen LogP contribution in [-0.2, 0) is 9.59 Å². The van der Waals surface area contributed by atoms with Gasteiger partial charge in [-0.2, -0.15) is 0 Å². The summed E-state index contributed by atoms with van der Waals surface area (Å²) in [6.45, 7) is 0.0420.